The zero-order valence-electron chi connectivity index (χ0n) is 18.8. The van der Waals surface area contributed by atoms with Gasteiger partial charge in [-0.3, -0.25) is 14.8 Å². The minimum atomic E-state index is -0.0489. The van der Waals surface area contributed by atoms with Crippen LogP contribution in [0.2, 0.25) is 0 Å². The fraction of sp³-hybridized carbons (Fsp3) is 0.385. The van der Waals surface area contributed by atoms with Crippen LogP contribution in [0.25, 0.3) is 11.3 Å². The molecule has 2 aliphatic heterocycles. The Labute approximate surface area is 188 Å². The number of carbonyl (C=O) groups excluding carboxylic acids is 1. The smallest absolute Gasteiger partial charge is 0.273 e. The summed E-state index contributed by atoms with van der Waals surface area (Å²) in [6, 6.07) is 9.88. The van der Waals surface area contributed by atoms with E-state index < -0.39 is 0 Å². The first kappa shape index (κ1) is 20.6. The Morgan fingerprint density at radius 1 is 1.03 bits per heavy atom. The van der Waals surface area contributed by atoms with E-state index in [1.807, 2.05) is 62.2 Å². The Morgan fingerprint density at radius 3 is 2.62 bits per heavy atom. The summed E-state index contributed by atoms with van der Waals surface area (Å²) in [6.45, 7) is 6.76. The number of rotatable bonds is 4. The van der Waals surface area contributed by atoms with Gasteiger partial charge in [-0.25, -0.2) is 4.98 Å². The van der Waals surface area contributed by atoms with Crippen molar-refractivity contribution in [3.8, 4) is 17.1 Å². The molecule has 6 rings (SSSR count). The number of piperidine rings is 2. The van der Waals surface area contributed by atoms with Gasteiger partial charge in [0.05, 0.1) is 11.7 Å². The number of aryl methyl sites for hydroxylation is 3. The Bertz CT molecular complexity index is 1140. The van der Waals surface area contributed by atoms with Gasteiger partial charge in [0.25, 0.3) is 5.91 Å². The Kier molecular flexibility index (Phi) is 5.37. The second kappa shape index (κ2) is 8.34. The molecule has 3 atom stereocenters. The van der Waals surface area contributed by atoms with E-state index in [4.69, 9.17) is 4.74 Å². The Morgan fingerprint density at radius 2 is 1.88 bits per heavy atom. The molecule has 3 unspecified atom stereocenters. The normalized spacial score (nSPS) is 22.1. The lowest BCUT2D eigenvalue weighted by Crippen LogP contribution is -2.59. The first-order valence-electron chi connectivity index (χ1n) is 11.3. The lowest BCUT2D eigenvalue weighted by atomic mass is 9.77. The highest BCUT2D eigenvalue weighted by Crippen LogP contribution is 2.38. The topological polar surface area (TPSA) is 68.2 Å². The van der Waals surface area contributed by atoms with Crippen LogP contribution in [-0.4, -0.2) is 44.4 Å². The third-order valence-electron chi connectivity index (χ3n) is 6.63. The second-order valence-corrected chi connectivity index (χ2v) is 9.11. The lowest BCUT2D eigenvalue weighted by Gasteiger charge is -2.49. The molecule has 164 valence electrons. The van der Waals surface area contributed by atoms with Crippen LogP contribution in [0.3, 0.4) is 0 Å². The van der Waals surface area contributed by atoms with E-state index in [0.717, 1.165) is 53.8 Å². The van der Waals surface area contributed by atoms with Crippen molar-refractivity contribution in [2.75, 3.05) is 6.54 Å². The molecule has 0 N–H and O–H groups in total. The average molecular weight is 429 g/mol. The molecule has 0 aromatic carbocycles. The van der Waals surface area contributed by atoms with Crippen LogP contribution in [-0.2, 0) is 0 Å². The molecular weight excluding hydrogens is 400 g/mol. The number of aromatic nitrogens is 3. The fourth-order valence-corrected chi connectivity index (χ4v) is 4.99. The van der Waals surface area contributed by atoms with E-state index in [-0.39, 0.29) is 18.1 Å². The molecule has 2 saturated heterocycles. The van der Waals surface area contributed by atoms with Gasteiger partial charge >= 0.3 is 0 Å². The fourth-order valence-electron chi connectivity index (χ4n) is 4.99. The molecule has 3 aliphatic rings. The van der Waals surface area contributed by atoms with Crippen molar-refractivity contribution in [1.82, 2.24) is 19.9 Å². The summed E-state index contributed by atoms with van der Waals surface area (Å²) in [6.07, 6.45) is 8.32. The summed E-state index contributed by atoms with van der Waals surface area (Å²) in [7, 11) is 0. The number of ether oxygens (including phenoxy) is 1. The molecule has 1 saturated carbocycles. The second-order valence-electron chi connectivity index (χ2n) is 9.11. The highest BCUT2D eigenvalue weighted by Gasteiger charge is 2.45. The predicted molar refractivity (Wildman–Crippen MR) is 122 cm³/mol. The van der Waals surface area contributed by atoms with Gasteiger partial charge in [0.15, 0.2) is 0 Å². The van der Waals surface area contributed by atoms with E-state index in [0.29, 0.717) is 17.5 Å². The van der Waals surface area contributed by atoms with Crippen molar-refractivity contribution in [2.45, 2.75) is 52.2 Å². The minimum absolute atomic E-state index is 0.0244. The molecule has 5 heterocycles. The molecular formula is C26H28N4O2. The van der Waals surface area contributed by atoms with Gasteiger partial charge in [-0.05, 0) is 74.8 Å². The Hall–Kier alpha value is -3.28. The molecule has 1 amide bonds. The third-order valence-corrected chi connectivity index (χ3v) is 6.63. The lowest BCUT2D eigenvalue weighted by molar-refractivity contribution is -0.0315. The zero-order valence-corrected chi connectivity index (χ0v) is 18.8. The van der Waals surface area contributed by atoms with Crippen molar-refractivity contribution in [2.24, 2.45) is 5.92 Å². The number of hydrogen-bond donors (Lipinski definition) is 0. The van der Waals surface area contributed by atoms with Crippen LogP contribution < -0.4 is 4.74 Å². The summed E-state index contributed by atoms with van der Waals surface area (Å²) >= 11 is 0. The number of hydrogen-bond acceptors (Lipinski definition) is 5. The van der Waals surface area contributed by atoms with E-state index in [2.05, 4.69) is 15.0 Å². The predicted octanol–water partition coefficient (Wildman–Crippen LogP) is 4.54. The summed E-state index contributed by atoms with van der Waals surface area (Å²) < 4.78 is 6.28. The van der Waals surface area contributed by atoms with E-state index in [1.165, 1.54) is 0 Å². The molecule has 0 spiro atoms. The molecule has 1 aliphatic carbocycles. The van der Waals surface area contributed by atoms with Crippen LogP contribution in [0.15, 0.2) is 48.9 Å². The van der Waals surface area contributed by atoms with Gasteiger partial charge in [0, 0.05) is 36.8 Å². The first-order valence-corrected chi connectivity index (χ1v) is 11.3. The zero-order chi connectivity index (χ0) is 22.2. The van der Waals surface area contributed by atoms with Crippen LogP contribution in [0, 0.1) is 26.7 Å². The number of pyridine rings is 3. The van der Waals surface area contributed by atoms with Gasteiger partial charge in [-0.2, -0.15) is 0 Å². The first-order chi connectivity index (χ1) is 15.5. The number of carbonyl (C=O) groups is 1. The van der Waals surface area contributed by atoms with Crippen molar-refractivity contribution in [1.29, 1.82) is 0 Å². The van der Waals surface area contributed by atoms with Crippen molar-refractivity contribution < 1.29 is 9.53 Å². The largest absolute Gasteiger partial charge is 0.472 e. The van der Waals surface area contributed by atoms with E-state index >= 15 is 0 Å². The molecule has 3 aromatic heterocycles. The van der Waals surface area contributed by atoms with Gasteiger partial charge in [0.1, 0.15) is 11.8 Å². The molecule has 6 nitrogen and oxygen atoms in total. The van der Waals surface area contributed by atoms with Crippen LogP contribution >= 0.6 is 0 Å². The van der Waals surface area contributed by atoms with Crippen LogP contribution in [0.1, 0.15) is 46.4 Å². The maximum absolute atomic E-state index is 13.8. The van der Waals surface area contributed by atoms with Gasteiger partial charge in [-0.15, -0.1) is 0 Å². The maximum atomic E-state index is 13.8. The molecule has 3 fully saturated rings. The van der Waals surface area contributed by atoms with E-state index in [9.17, 15) is 4.79 Å². The van der Waals surface area contributed by atoms with Gasteiger partial charge in [-0.1, -0.05) is 12.1 Å². The molecule has 6 heteroatoms. The molecule has 3 aromatic rings. The maximum Gasteiger partial charge on any atom is 0.273 e. The van der Waals surface area contributed by atoms with Gasteiger partial charge < -0.3 is 9.64 Å². The van der Waals surface area contributed by atoms with Crippen molar-refractivity contribution >= 4 is 5.91 Å². The summed E-state index contributed by atoms with van der Waals surface area (Å²) in [5, 5.41) is 0. The Balaban J connectivity index is 1.46. The van der Waals surface area contributed by atoms with Gasteiger partial charge in [0.2, 0.25) is 5.88 Å². The summed E-state index contributed by atoms with van der Waals surface area (Å²) in [5.74, 6) is 1.02. The summed E-state index contributed by atoms with van der Waals surface area (Å²) in [5.41, 5.74) is 5.21. The molecule has 32 heavy (non-hydrogen) atoms. The molecule has 2 bridgehead atoms. The van der Waals surface area contributed by atoms with Crippen molar-refractivity contribution in [3.05, 3.63) is 71.3 Å². The highest BCUT2D eigenvalue weighted by molar-refractivity contribution is 5.99. The number of amides is 1. The molecule has 0 radical (unpaired) electrons. The highest BCUT2D eigenvalue weighted by atomic mass is 16.5. The number of nitrogens with zero attached hydrogens (tertiary/aromatic N) is 4. The van der Waals surface area contributed by atoms with Crippen LogP contribution in [0.5, 0.6) is 5.88 Å². The standard InChI is InChI=1S/C26H28N4O2/c1-16-6-9-23(28-13-16)32-22-12-19-7-8-21(22)30(15-19)26(31)25-20(11-17(2)14-29-25)24-18(3)5-4-10-27-24/h4-6,9-11,13-14,19,21-22H,7-8,12,15H2,1-3H3. The third kappa shape index (κ3) is 3.85. The SMILES string of the molecule is Cc1ccc(OC2CC3CCC2N(C(=O)c2ncc(C)cc2-c2ncccc2C)C3)nc1. The monoisotopic (exact) mass is 428 g/mol. The quantitative estimate of drug-likeness (QED) is 0.610. The summed E-state index contributed by atoms with van der Waals surface area (Å²) in [4.78, 5) is 29.4. The van der Waals surface area contributed by atoms with Crippen molar-refractivity contribution in [3.63, 3.8) is 0 Å². The van der Waals surface area contributed by atoms with E-state index in [1.54, 1.807) is 12.4 Å². The average Bonchev–Trinajstić information content (AvgIpc) is 2.81. The van der Waals surface area contributed by atoms with Crippen LogP contribution in [0.4, 0.5) is 0 Å². The number of fused-ring (bicyclic) bond motifs is 3. The minimum Gasteiger partial charge on any atom is -0.472 e.